The van der Waals surface area contributed by atoms with Crippen molar-refractivity contribution < 1.29 is 14.6 Å². The molecule has 0 aromatic carbocycles. The number of pyridine rings is 1. The molecule has 1 aromatic rings. The summed E-state index contributed by atoms with van der Waals surface area (Å²) < 4.78 is 5.52. The molecule has 23 heavy (non-hydrogen) atoms. The van der Waals surface area contributed by atoms with E-state index < -0.39 is 11.2 Å². The summed E-state index contributed by atoms with van der Waals surface area (Å²) in [6.07, 6.45) is 1.83. The zero-order valence-electron chi connectivity index (χ0n) is 14.0. The Labute approximate surface area is 141 Å². The predicted octanol–water partition coefficient (Wildman–Crippen LogP) is 3.40. The van der Waals surface area contributed by atoms with Gasteiger partial charge in [0.1, 0.15) is 16.4 Å². The molecule has 1 aromatic heterocycles. The first-order valence-electron chi connectivity index (χ1n) is 7.99. The molecule has 2 aliphatic rings. The molecule has 0 spiro atoms. The first-order valence-corrected chi connectivity index (χ1v) is 8.37. The molecule has 5 nitrogen and oxygen atoms in total. The molecule has 6 heteroatoms. The molecule has 0 unspecified atom stereocenters. The van der Waals surface area contributed by atoms with Gasteiger partial charge in [0.05, 0.1) is 6.04 Å². The fourth-order valence-electron chi connectivity index (χ4n) is 3.92. The summed E-state index contributed by atoms with van der Waals surface area (Å²) in [5, 5.41) is 11.7. The normalized spacial score (nSPS) is 29.9. The molecule has 2 bridgehead atoms. The zero-order chi connectivity index (χ0) is 17.0. The number of fused-ring (bicyclic) bond motifs is 2. The van der Waals surface area contributed by atoms with Crippen molar-refractivity contribution in [1.82, 2.24) is 9.88 Å². The smallest absolute Gasteiger partial charge is 0.410 e. The Bertz CT molecular complexity index is 643. The van der Waals surface area contributed by atoms with Gasteiger partial charge in [0.25, 0.3) is 0 Å². The highest BCUT2D eigenvalue weighted by atomic mass is 35.5. The number of nitrogens with zero attached hydrogens (tertiary/aromatic N) is 2. The number of aliphatic hydroxyl groups is 1. The van der Waals surface area contributed by atoms with Crippen LogP contribution in [0.2, 0.25) is 5.15 Å². The Hall–Kier alpha value is -1.33. The van der Waals surface area contributed by atoms with Crippen molar-refractivity contribution in [1.29, 1.82) is 0 Å². The van der Waals surface area contributed by atoms with E-state index in [4.69, 9.17) is 16.3 Å². The maximum absolute atomic E-state index is 12.5. The lowest BCUT2D eigenvalue weighted by atomic mass is 9.79. The minimum Gasteiger partial charge on any atom is -0.444 e. The van der Waals surface area contributed by atoms with Crippen molar-refractivity contribution in [2.24, 2.45) is 0 Å². The van der Waals surface area contributed by atoms with E-state index in [2.05, 4.69) is 4.98 Å². The Morgan fingerprint density at radius 2 is 2.13 bits per heavy atom. The first kappa shape index (κ1) is 16.5. The quantitative estimate of drug-likeness (QED) is 0.797. The summed E-state index contributed by atoms with van der Waals surface area (Å²) in [7, 11) is 0. The Kier molecular flexibility index (Phi) is 3.84. The average molecular weight is 339 g/mol. The molecule has 0 radical (unpaired) electrons. The van der Waals surface area contributed by atoms with Crippen molar-refractivity contribution in [3.8, 4) is 0 Å². The van der Waals surface area contributed by atoms with E-state index in [-0.39, 0.29) is 18.2 Å². The van der Waals surface area contributed by atoms with Crippen molar-refractivity contribution in [2.75, 3.05) is 0 Å². The second kappa shape index (κ2) is 5.35. The highest BCUT2D eigenvalue weighted by Crippen LogP contribution is 2.50. The van der Waals surface area contributed by atoms with Crippen molar-refractivity contribution in [2.45, 2.75) is 70.2 Å². The third-order valence-electron chi connectivity index (χ3n) is 4.72. The van der Waals surface area contributed by atoms with Gasteiger partial charge in [0.15, 0.2) is 0 Å². The van der Waals surface area contributed by atoms with Gasteiger partial charge in [-0.1, -0.05) is 17.7 Å². The lowest BCUT2D eigenvalue weighted by Crippen LogP contribution is -2.45. The number of halogens is 1. The van der Waals surface area contributed by atoms with Crippen LogP contribution in [-0.4, -0.2) is 38.8 Å². The maximum Gasteiger partial charge on any atom is 0.410 e. The number of hydrogen-bond donors (Lipinski definition) is 1. The molecule has 1 N–H and O–H groups in total. The minimum absolute atomic E-state index is 0.00919. The van der Waals surface area contributed by atoms with Crippen molar-refractivity contribution in [3.05, 3.63) is 28.5 Å². The monoisotopic (exact) mass is 338 g/mol. The third kappa shape index (κ3) is 2.81. The van der Waals surface area contributed by atoms with Gasteiger partial charge in [0.2, 0.25) is 0 Å². The minimum atomic E-state index is -1.08. The fourth-order valence-corrected chi connectivity index (χ4v) is 4.11. The molecule has 0 aliphatic carbocycles. The van der Waals surface area contributed by atoms with E-state index in [0.717, 1.165) is 18.4 Å². The van der Waals surface area contributed by atoms with Gasteiger partial charge in [-0.15, -0.1) is 0 Å². The molecular weight excluding hydrogens is 316 g/mol. The molecule has 2 saturated heterocycles. The van der Waals surface area contributed by atoms with Crippen LogP contribution in [0.1, 0.15) is 51.3 Å². The summed E-state index contributed by atoms with van der Waals surface area (Å²) in [6.45, 7) is 7.38. The number of hydrogen-bond acceptors (Lipinski definition) is 4. The summed E-state index contributed by atoms with van der Waals surface area (Å²) in [5.41, 5.74) is -0.171. The fraction of sp³-hybridized carbons (Fsp3) is 0.647. The SMILES string of the molecule is Cc1nc(Cl)ccc1[C@@]1(O)C[C@@H]2CC[C@H]1N2C(=O)OC(C)(C)C. The predicted molar refractivity (Wildman–Crippen MR) is 87.4 cm³/mol. The van der Waals surface area contributed by atoms with Crippen LogP contribution in [0.5, 0.6) is 0 Å². The number of rotatable bonds is 1. The lowest BCUT2D eigenvalue weighted by Gasteiger charge is -2.34. The molecular formula is C17H23ClN2O3. The molecule has 0 saturated carbocycles. The van der Waals surface area contributed by atoms with Gasteiger partial charge in [0, 0.05) is 23.7 Å². The van der Waals surface area contributed by atoms with Gasteiger partial charge in [-0.2, -0.15) is 0 Å². The van der Waals surface area contributed by atoms with E-state index in [1.54, 1.807) is 11.0 Å². The van der Waals surface area contributed by atoms with Crippen LogP contribution in [0.15, 0.2) is 12.1 Å². The zero-order valence-corrected chi connectivity index (χ0v) is 14.7. The Morgan fingerprint density at radius 1 is 1.43 bits per heavy atom. The van der Waals surface area contributed by atoms with E-state index in [9.17, 15) is 9.90 Å². The molecule has 3 atom stereocenters. The van der Waals surface area contributed by atoms with Crippen LogP contribution < -0.4 is 0 Å². The molecule has 2 fully saturated rings. The van der Waals surface area contributed by atoms with Gasteiger partial charge in [-0.25, -0.2) is 9.78 Å². The van der Waals surface area contributed by atoms with Crippen LogP contribution in [0.25, 0.3) is 0 Å². The highest BCUT2D eigenvalue weighted by molar-refractivity contribution is 6.29. The summed E-state index contributed by atoms with van der Waals surface area (Å²) in [4.78, 5) is 18.5. The number of carbonyl (C=O) groups excluding carboxylic acids is 1. The average Bonchev–Trinajstić information content (AvgIpc) is 2.91. The molecule has 1 amide bonds. The van der Waals surface area contributed by atoms with Gasteiger partial charge in [-0.05, 0) is 46.6 Å². The number of carbonyl (C=O) groups is 1. The van der Waals surface area contributed by atoms with Gasteiger partial charge in [-0.3, -0.25) is 4.90 Å². The van der Waals surface area contributed by atoms with Gasteiger partial charge < -0.3 is 9.84 Å². The second-order valence-electron chi connectivity index (χ2n) is 7.53. The van der Waals surface area contributed by atoms with E-state index >= 15 is 0 Å². The van der Waals surface area contributed by atoms with Crippen LogP contribution in [0.4, 0.5) is 4.79 Å². The highest BCUT2D eigenvalue weighted by Gasteiger charge is 2.59. The molecule has 126 valence electrons. The standard InChI is InChI=1S/C17H23ClN2O3/c1-10-12(6-8-14(18)19-10)17(22)9-11-5-7-13(17)20(11)15(21)23-16(2,3)4/h6,8,11,13,22H,5,7,9H2,1-4H3/t11-,13+,17-/m0/s1. The van der Waals surface area contributed by atoms with Crippen molar-refractivity contribution >= 4 is 17.7 Å². The summed E-state index contributed by atoms with van der Waals surface area (Å²) in [5.74, 6) is 0. The topological polar surface area (TPSA) is 62.7 Å². The maximum atomic E-state index is 12.5. The number of aromatic nitrogens is 1. The van der Waals surface area contributed by atoms with Crippen LogP contribution in [0, 0.1) is 6.92 Å². The summed E-state index contributed by atoms with van der Waals surface area (Å²) >= 11 is 5.92. The molecule has 2 aliphatic heterocycles. The molecule has 3 rings (SSSR count). The van der Waals surface area contributed by atoms with Gasteiger partial charge >= 0.3 is 6.09 Å². The second-order valence-corrected chi connectivity index (χ2v) is 7.92. The van der Waals surface area contributed by atoms with Crippen molar-refractivity contribution in [3.63, 3.8) is 0 Å². The van der Waals surface area contributed by atoms with Crippen LogP contribution in [0.3, 0.4) is 0 Å². The lowest BCUT2D eigenvalue weighted by molar-refractivity contribution is -0.0161. The number of aryl methyl sites for hydroxylation is 1. The first-order chi connectivity index (χ1) is 10.6. The molecule has 3 heterocycles. The van der Waals surface area contributed by atoms with Crippen LogP contribution in [-0.2, 0) is 10.3 Å². The Morgan fingerprint density at radius 3 is 2.74 bits per heavy atom. The van der Waals surface area contributed by atoms with E-state index in [1.807, 2.05) is 33.8 Å². The number of amides is 1. The Balaban J connectivity index is 1.91. The van der Waals surface area contributed by atoms with E-state index in [1.165, 1.54) is 0 Å². The summed E-state index contributed by atoms with van der Waals surface area (Å²) in [6, 6.07) is 3.24. The largest absolute Gasteiger partial charge is 0.444 e. The third-order valence-corrected chi connectivity index (χ3v) is 4.93. The van der Waals surface area contributed by atoms with Crippen LogP contribution >= 0.6 is 11.6 Å². The number of ether oxygens (including phenoxy) is 1. The van der Waals surface area contributed by atoms with E-state index in [0.29, 0.717) is 17.3 Å².